The molecular weight excluding hydrogens is 338 g/mol. The van der Waals surface area contributed by atoms with Gasteiger partial charge in [0.2, 0.25) is 0 Å². The Kier molecular flexibility index (Phi) is 3.01. The van der Waals surface area contributed by atoms with Crippen LogP contribution >= 0.6 is 0 Å². The summed E-state index contributed by atoms with van der Waals surface area (Å²) >= 11 is 0. The van der Waals surface area contributed by atoms with Crippen molar-refractivity contribution >= 4 is 21.8 Å². The Balaban J connectivity index is 1.64. The Bertz CT molecular complexity index is 1370. The van der Waals surface area contributed by atoms with E-state index in [4.69, 9.17) is 0 Å². The second kappa shape index (κ2) is 5.36. The molecule has 1 aliphatic carbocycles. The summed E-state index contributed by atoms with van der Waals surface area (Å²) in [6, 6.07) is 30.9. The monoisotopic (exact) mass is 359 g/mol. The minimum Gasteiger partial charge on any atom is -0.354 e. The molecule has 0 amide bonds. The maximum absolute atomic E-state index is 3.64. The van der Waals surface area contributed by atoms with Crippen molar-refractivity contribution in [3.05, 3.63) is 96.1 Å². The van der Waals surface area contributed by atoms with Crippen molar-refractivity contribution in [3.8, 4) is 22.3 Å². The molecule has 4 aromatic carbocycles. The second-order valence-corrected chi connectivity index (χ2v) is 8.37. The molecule has 1 aromatic heterocycles. The summed E-state index contributed by atoms with van der Waals surface area (Å²) in [6.07, 6.45) is 0. The van der Waals surface area contributed by atoms with Gasteiger partial charge in [0.1, 0.15) is 0 Å². The Hall–Kier alpha value is -3.32. The van der Waals surface area contributed by atoms with Crippen molar-refractivity contribution in [1.29, 1.82) is 0 Å². The average molecular weight is 359 g/mol. The van der Waals surface area contributed by atoms with Crippen LogP contribution in [0.1, 0.15) is 25.0 Å². The zero-order valence-electron chi connectivity index (χ0n) is 16.1. The van der Waals surface area contributed by atoms with E-state index < -0.39 is 0 Å². The van der Waals surface area contributed by atoms with Crippen LogP contribution in [0.4, 0.5) is 0 Å². The summed E-state index contributed by atoms with van der Waals surface area (Å²) < 4.78 is 0. The highest BCUT2D eigenvalue weighted by Gasteiger charge is 2.35. The van der Waals surface area contributed by atoms with E-state index in [0.29, 0.717) is 0 Å². The molecule has 5 aromatic rings. The van der Waals surface area contributed by atoms with Crippen molar-refractivity contribution in [3.63, 3.8) is 0 Å². The number of fused-ring (bicyclic) bond motifs is 6. The number of hydrogen-bond donors (Lipinski definition) is 1. The molecule has 0 saturated carbocycles. The summed E-state index contributed by atoms with van der Waals surface area (Å²) in [6.45, 7) is 4.68. The highest BCUT2D eigenvalue weighted by molar-refractivity contribution is 6.10. The molecular formula is C27H21N. The Morgan fingerprint density at radius 3 is 2.18 bits per heavy atom. The first-order valence-electron chi connectivity index (χ1n) is 9.88. The van der Waals surface area contributed by atoms with Gasteiger partial charge in [-0.15, -0.1) is 0 Å². The lowest BCUT2D eigenvalue weighted by molar-refractivity contribution is 0.661. The fourth-order valence-corrected chi connectivity index (χ4v) is 4.91. The fourth-order valence-electron chi connectivity index (χ4n) is 4.91. The molecule has 1 N–H and O–H groups in total. The third kappa shape index (κ3) is 2.02. The molecule has 0 saturated heterocycles. The topological polar surface area (TPSA) is 15.8 Å². The lowest BCUT2D eigenvalue weighted by Crippen LogP contribution is -2.14. The average Bonchev–Trinajstić information content (AvgIpc) is 3.20. The van der Waals surface area contributed by atoms with Gasteiger partial charge in [0.05, 0.1) is 0 Å². The third-order valence-corrected chi connectivity index (χ3v) is 6.41. The van der Waals surface area contributed by atoms with Gasteiger partial charge in [-0.05, 0) is 57.6 Å². The van der Waals surface area contributed by atoms with Crippen LogP contribution in [-0.2, 0) is 5.41 Å². The molecule has 0 fully saturated rings. The van der Waals surface area contributed by atoms with Gasteiger partial charge >= 0.3 is 0 Å². The lowest BCUT2D eigenvalue weighted by atomic mass is 9.82. The van der Waals surface area contributed by atoms with Crippen LogP contribution in [0.3, 0.4) is 0 Å². The van der Waals surface area contributed by atoms with E-state index in [0.717, 1.165) is 0 Å². The van der Waals surface area contributed by atoms with Gasteiger partial charge in [-0.25, -0.2) is 0 Å². The van der Waals surface area contributed by atoms with E-state index in [-0.39, 0.29) is 5.41 Å². The molecule has 0 bridgehead atoms. The van der Waals surface area contributed by atoms with Gasteiger partial charge in [-0.2, -0.15) is 0 Å². The maximum Gasteiger partial charge on any atom is 0.0471 e. The van der Waals surface area contributed by atoms with E-state index in [2.05, 4.69) is 104 Å². The van der Waals surface area contributed by atoms with Crippen LogP contribution in [0.2, 0.25) is 0 Å². The zero-order chi connectivity index (χ0) is 18.9. The minimum atomic E-state index is 0.0285. The summed E-state index contributed by atoms with van der Waals surface area (Å²) in [5.74, 6) is 0. The molecule has 0 aliphatic heterocycles. The molecule has 1 nitrogen and oxygen atoms in total. The number of aromatic amines is 1. The summed E-state index contributed by atoms with van der Waals surface area (Å²) in [5, 5.41) is 2.61. The van der Waals surface area contributed by atoms with E-state index >= 15 is 0 Å². The third-order valence-electron chi connectivity index (χ3n) is 6.41. The fraction of sp³-hybridized carbons (Fsp3) is 0.111. The van der Waals surface area contributed by atoms with Crippen LogP contribution in [0.25, 0.3) is 44.1 Å². The van der Waals surface area contributed by atoms with Crippen LogP contribution in [0.5, 0.6) is 0 Å². The Morgan fingerprint density at radius 2 is 1.32 bits per heavy atom. The number of H-pyrrole nitrogens is 1. The van der Waals surface area contributed by atoms with Gasteiger partial charge in [0.25, 0.3) is 0 Å². The van der Waals surface area contributed by atoms with E-state index in [1.54, 1.807) is 0 Å². The molecule has 1 heteroatoms. The maximum atomic E-state index is 3.64. The molecule has 28 heavy (non-hydrogen) atoms. The van der Waals surface area contributed by atoms with Crippen LogP contribution in [0.15, 0.2) is 84.9 Å². The van der Waals surface area contributed by atoms with E-state index in [9.17, 15) is 0 Å². The molecule has 1 heterocycles. The first kappa shape index (κ1) is 15.7. The normalized spacial score (nSPS) is 14.4. The van der Waals surface area contributed by atoms with Gasteiger partial charge in [0, 0.05) is 27.2 Å². The van der Waals surface area contributed by atoms with Crippen molar-refractivity contribution in [2.24, 2.45) is 0 Å². The molecule has 1 aliphatic rings. The van der Waals surface area contributed by atoms with Crippen molar-refractivity contribution in [1.82, 2.24) is 4.98 Å². The molecule has 6 rings (SSSR count). The highest BCUT2D eigenvalue weighted by Crippen LogP contribution is 2.50. The predicted molar refractivity (Wildman–Crippen MR) is 119 cm³/mol. The number of aromatic nitrogens is 1. The van der Waals surface area contributed by atoms with Crippen LogP contribution in [-0.4, -0.2) is 4.98 Å². The number of benzene rings is 4. The van der Waals surface area contributed by atoms with E-state index in [1.807, 2.05) is 0 Å². The first-order valence-corrected chi connectivity index (χ1v) is 9.88. The predicted octanol–water partition coefficient (Wildman–Crippen LogP) is 7.29. The number of hydrogen-bond acceptors (Lipinski definition) is 0. The largest absolute Gasteiger partial charge is 0.354 e. The van der Waals surface area contributed by atoms with Gasteiger partial charge in [0.15, 0.2) is 0 Å². The summed E-state index contributed by atoms with van der Waals surface area (Å²) in [4.78, 5) is 3.64. The molecule has 0 spiro atoms. The van der Waals surface area contributed by atoms with Crippen molar-refractivity contribution in [2.75, 3.05) is 0 Å². The Morgan fingerprint density at radius 1 is 0.571 bits per heavy atom. The van der Waals surface area contributed by atoms with Crippen molar-refractivity contribution < 1.29 is 0 Å². The van der Waals surface area contributed by atoms with Crippen LogP contribution in [0, 0.1) is 0 Å². The quantitative estimate of drug-likeness (QED) is 0.323. The molecule has 0 radical (unpaired) electrons. The summed E-state index contributed by atoms with van der Waals surface area (Å²) in [5.41, 5.74) is 10.5. The molecule has 0 unspecified atom stereocenters. The van der Waals surface area contributed by atoms with Gasteiger partial charge in [-0.1, -0.05) is 74.5 Å². The van der Waals surface area contributed by atoms with Gasteiger partial charge in [-0.3, -0.25) is 0 Å². The SMILES string of the molecule is CC1(C)c2ccccc2-c2cc3[nH]c4ccc(-c5ccccc5)cc4c3cc21. The number of nitrogens with one attached hydrogen (secondary N) is 1. The smallest absolute Gasteiger partial charge is 0.0471 e. The highest BCUT2D eigenvalue weighted by atomic mass is 14.7. The minimum absolute atomic E-state index is 0.0285. The Labute approximate surface area is 164 Å². The molecule has 134 valence electrons. The van der Waals surface area contributed by atoms with E-state index in [1.165, 1.54) is 55.2 Å². The first-order chi connectivity index (χ1) is 13.6. The van der Waals surface area contributed by atoms with Gasteiger partial charge < -0.3 is 4.98 Å². The lowest BCUT2D eigenvalue weighted by Gasteiger charge is -2.21. The standard InChI is InChI=1S/C27H21N/c1-27(2)23-11-7-6-10-19(23)20-16-26-22(15-24(20)27)21-14-18(12-13-25(21)28-26)17-8-4-3-5-9-17/h3-16,28H,1-2H3. The van der Waals surface area contributed by atoms with Crippen molar-refractivity contribution in [2.45, 2.75) is 19.3 Å². The second-order valence-electron chi connectivity index (χ2n) is 8.37. The molecule has 0 atom stereocenters. The summed E-state index contributed by atoms with van der Waals surface area (Å²) in [7, 11) is 0. The van der Waals surface area contributed by atoms with Crippen LogP contribution < -0.4 is 0 Å². The number of rotatable bonds is 1. The zero-order valence-corrected chi connectivity index (χ0v) is 16.1.